The van der Waals surface area contributed by atoms with E-state index in [4.69, 9.17) is 5.73 Å². The van der Waals surface area contributed by atoms with Gasteiger partial charge in [-0.15, -0.1) is 0 Å². The van der Waals surface area contributed by atoms with Crippen LogP contribution in [0.4, 0.5) is 5.69 Å². The summed E-state index contributed by atoms with van der Waals surface area (Å²) in [6.07, 6.45) is 5.01. The second-order valence-corrected chi connectivity index (χ2v) is 4.18. The van der Waals surface area contributed by atoms with Crippen molar-refractivity contribution in [2.45, 2.75) is 32.7 Å². The summed E-state index contributed by atoms with van der Waals surface area (Å²) in [4.78, 5) is 11.6. The Morgan fingerprint density at radius 2 is 2.21 bits per heavy atom. The third-order valence-electron chi connectivity index (χ3n) is 2.07. The van der Waals surface area contributed by atoms with Gasteiger partial charge in [0.1, 0.15) is 0 Å². The molecule has 0 aliphatic heterocycles. The van der Waals surface area contributed by atoms with E-state index in [1.54, 1.807) is 16.8 Å². The molecule has 1 rings (SSSR count). The lowest BCUT2D eigenvalue weighted by Gasteiger charge is -2.06. The molecular weight excluding hydrogens is 244 g/mol. The highest BCUT2D eigenvalue weighted by Crippen LogP contribution is 2.08. The van der Waals surface area contributed by atoms with Crippen molar-refractivity contribution < 1.29 is 0 Å². The number of nitrogens with two attached hydrogens (primary N) is 1. The van der Waals surface area contributed by atoms with Crippen LogP contribution >= 0.6 is 15.9 Å². The van der Waals surface area contributed by atoms with Crippen LogP contribution in [0.5, 0.6) is 0 Å². The van der Waals surface area contributed by atoms with E-state index in [2.05, 4.69) is 22.9 Å². The molecule has 0 spiro atoms. The largest absolute Gasteiger partial charge is 0.398 e. The Hall–Kier alpha value is -0.770. The topological polar surface area (TPSA) is 48.0 Å². The standard InChI is InChI=1S/C10H15BrN2O/c1-2-3-4-5-13-7-8(12)6-9(11)10(13)14/h6-7H,2-5,12H2,1H3. The van der Waals surface area contributed by atoms with Gasteiger partial charge in [0.2, 0.25) is 0 Å². The molecule has 78 valence electrons. The number of anilines is 1. The van der Waals surface area contributed by atoms with Crippen LogP contribution in [0.3, 0.4) is 0 Å². The van der Waals surface area contributed by atoms with Crippen molar-refractivity contribution in [3.63, 3.8) is 0 Å². The third-order valence-corrected chi connectivity index (χ3v) is 2.63. The summed E-state index contributed by atoms with van der Waals surface area (Å²) in [5, 5.41) is 0. The minimum absolute atomic E-state index is 0.00435. The Kier molecular flexibility index (Phi) is 4.20. The van der Waals surface area contributed by atoms with Crippen LogP contribution in [0.25, 0.3) is 0 Å². The lowest BCUT2D eigenvalue weighted by Crippen LogP contribution is -2.20. The Balaban J connectivity index is 2.81. The summed E-state index contributed by atoms with van der Waals surface area (Å²) in [5.74, 6) is 0. The van der Waals surface area contributed by atoms with Crippen LogP contribution in [-0.2, 0) is 6.54 Å². The molecule has 0 atom stereocenters. The summed E-state index contributed by atoms with van der Waals surface area (Å²) < 4.78 is 2.20. The zero-order chi connectivity index (χ0) is 10.6. The van der Waals surface area contributed by atoms with Gasteiger partial charge in [-0.1, -0.05) is 19.8 Å². The lowest BCUT2D eigenvalue weighted by atomic mass is 10.2. The predicted molar refractivity (Wildman–Crippen MR) is 62.3 cm³/mol. The fourth-order valence-electron chi connectivity index (χ4n) is 1.32. The molecule has 0 amide bonds. The van der Waals surface area contributed by atoms with E-state index in [1.807, 2.05) is 0 Å². The number of rotatable bonds is 4. The lowest BCUT2D eigenvalue weighted by molar-refractivity contribution is 0.587. The first-order chi connectivity index (χ1) is 6.65. The zero-order valence-corrected chi connectivity index (χ0v) is 9.88. The molecule has 2 N–H and O–H groups in total. The fraction of sp³-hybridized carbons (Fsp3) is 0.500. The van der Waals surface area contributed by atoms with Gasteiger partial charge in [-0.3, -0.25) is 4.79 Å². The second kappa shape index (κ2) is 5.20. The molecule has 0 unspecified atom stereocenters. The van der Waals surface area contributed by atoms with E-state index in [9.17, 15) is 4.79 Å². The molecule has 3 nitrogen and oxygen atoms in total. The van der Waals surface area contributed by atoms with Gasteiger partial charge in [-0.05, 0) is 28.4 Å². The van der Waals surface area contributed by atoms with Crippen molar-refractivity contribution in [1.82, 2.24) is 4.57 Å². The number of halogens is 1. The molecule has 0 saturated heterocycles. The molecule has 1 aromatic rings. The van der Waals surface area contributed by atoms with E-state index >= 15 is 0 Å². The average molecular weight is 259 g/mol. The first kappa shape index (κ1) is 11.3. The van der Waals surface area contributed by atoms with Gasteiger partial charge < -0.3 is 10.3 Å². The molecule has 0 aromatic carbocycles. The molecule has 0 bridgehead atoms. The fourth-order valence-corrected chi connectivity index (χ4v) is 1.81. The Morgan fingerprint density at radius 1 is 1.50 bits per heavy atom. The Labute approximate surface area is 92.1 Å². The van der Waals surface area contributed by atoms with Crippen LogP contribution in [-0.4, -0.2) is 4.57 Å². The molecule has 0 radical (unpaired) electrons. The highest BCUT2D eigenvalue weighted by Gasteiger charge is 2.01. The van der Waals surface area contributed by atoms with Crippen LogP contribution in [0.2, 0.25) is 0 Å². The second-order valence-electron chi connectivity index (χ2n) is 3.33. The summed E-state index contributed by atoms with van der Waals surface area (Å²) in [5.41, 5.74) is 6.26. The maximum absolute atomic E-state index is 11.6. The van der Waals surface area contributed by atoms with Gasteiger partial charge in [0.25, 0.3) is 5.56 Å². The quantitative estimate of drug-likeness (QED) is 0.844. The molecule has 0 saturated carbocycles. The molecule has 0 aliphatic carbocycles. The van der Waals surface area contributed by atoms with E-state index in [1.165, 1.54) is 0 Å². The van der Waals surface area contributed by atoms with Gasteiger partial charge in [-0.25, -0.2) is 0 Å². The predicted octanol–water partition coefficient (Wildman–Crippen LogP) is 2.38. The average Bonchev–Trinajstić information content (AvgIpc) is 2.13. The molecule has 4 heteroatoms. The van der Waals surface area contributed by atoms with E-state index in [-0.39, 0.29) is 5.56 Å². The smallest absolute Gasteiger partial charge is 0.264 e. The van der Waals surface area contributed by atoms with Gasteiger partial charge in [0.15, 0.2) is 0 Å². The van der Waals surface area contributed by atoms with Crippen molar-refractivity contribution >= 4 is 21.6 Å². The van der Waals surface area contributed by atoms with Crippen LogP contribution < -0.4 is 11.3 Å². The molecule has 0 aliphatic rings. The van der Waals surface area contributed by atoms with Crippen LogP contribution in [0.1, 0.15) is 26.2 Å². The normalized spacial score (nSPS) is 10.4. The van der Waals surface area contributed by atoms with Gasteiger partial charge >= 0.3 is 0 Å². The number of hydrogen-bond acceptors (Lipinski definition) is 2. The number of hydrogen-bond donors (Lipinski definition) is 1. The number of nitrogens with zero attached hydrogens (tertiary/aromatic N) is 1. The van der Waals surface area contributed by atoms with Gasteiger partial charge in [-0.2, -0.15) is 0 Å². The minimum Gasteiger partial charge on any atom is -0.398 e. The highest BCUT2D eigenvalue weighted by atomic mass is 79.9. The van der Waals surface area contributed by atoms with Gasteiger partial charge in [0, 0.05) is 18.4 Å². The number of aryl methyl sites for hydroxylation is 1. The molecular formula is C10H15BrN2O. The minimum atomic E-state index is -0.00435. The van der Waals surface area contributed by atoms with Crippen LogP contribution in [0, 0.1) is 0 Å². The van der Waals surface area contributed by atoms with Crippen molar-refractivity contribution in [1.29, 1.82) is 0 Å². The van der Waals surface area contributed by atoms with E-state index in [0.29, 0.717) is 10.2 Å². The summed E-state index contributed by atoms with van der Waals surface area (Å²) in [6, 6.07) is 1.64. The number of unbranched alkanes of at least 4 members (excludes halogenated alkanes) is 2. The Bertz CT molecular complexity index is 360. The third kappa shape index (κ3) is 2.87. The molecule has 14 heavy (non-hydrogen) atoms. The number of nitrogen functional groups attached to an aromatic ring is 1. The van der Waals surface area contributed by atoms with Crippen molar-refractivity contribution in [2.75, 3.05) is 5.73 Å². The number of pyridine rings is 1. The summed E-state index contributed by atoms with van der Waals surface area (Å²) in [7, 11) is 0. The maximum atomic E-state index is 11.6. The Morgan fingerprint density at radius 3 is 2.86 bits per heavy atom. The molecule has 1 heterocycles. The SMILES string of the molecule is CCCCCn1cc(N)cc(Br)c1=O. The molecule has 0 fully saturated rings. The monoisotopic (exact) mass is 258 g/mol. The zero-order valence-electron chi connectivity index (χ0n) is 8.29. The highest BCUT2D eigenvalue weighted by molar-refractivity contribution is 9.10. The van der Waals surface area contributed by atoms with E-state index < -0.39 is 0 Å². The first-order valence-corrected chi connectivity index (χ1v) is 5.60. The van der Waals surface area contributed by atoms with E-state index in [0.717, 1.165) is 25.8 Å². The summed E-state index contributed by atoms with van der Waals surface area (Å²) >= 11 is 3.19. The number of aromatic nitrogens is 1. The van der Waals surface area contributed by atoms with Crippen LogP contribution in [0.15, 0.2) is 21.5 Å². The van der Waals surface area contributed by atoms with Crippen molar-refractivity contribution in [3.8, 4) is 0 Å². The first-order valence-electron chi connectivity index (χ1n) is 4.80. The summed E-state index contributed by atoms with van der Waals surface area (Å²) in [6.45, 7) is 2.88. The van der Waals surface area contributed by atoms with Gasteiger partial charge in [0.05, 0.1) is 4.47 Å². The van der Waals surface area contributed by atoms with Crippen molar-refractivity contribution in [2.24, 2.45) is 0 Å². The maximum Gasteiger partial charge on any atom is 0.264 e. The van der Waals surface area contributed by atoms with Crippen molar-refractivity contribution in [3.05, 3.63) is 27.1 Å². The molecule has 1 aromatic heterocycles.